The average Bonchev–Trinajstić information content (AvgIpc) is 2.49. The van der Waals surface area contributed by atoms with Crippen molar-refractivity contribution in [2.24, 2.45) is 5.16 Å². The number of phenols is 1. The molecule has 0 aliphatic carbocycles. The van der Waals surface area contributed by atoms with Crippen LogP contribution in [0.4, 0.5) is 0 Å². The van der Waals surface area contributed by atoms with E-state index in [0.29, 0.717) is 4.47 Å². The summed E-state index contributed by atoms with van der Waals surface area (Å²) in [5, 5.41) is 24.5. The Labute approximate surface area is 139 Å². The molecular weight excluding hydrogens is 376 g/mol. The third-order valence-electron chi connectivity index (χ3n) is 3.00. The third kappa shape index (κ3) is 4.82. The van der Waals surface area contributed by atoms with E-state index in [-0.39, 0.29) is 29.8 Å². The second-order valence-corrected chi connectivity index (χ2v) is 8.06. The van der Waals surface area contributed by atoms with E-state index in [1.807, 2.05) is 0 Å². The lowest BCUT2D eigenvalue weighted by molar-refractivity contribution is -0.115. The molecule has 0 bridgehead atoms. The zero-order chi connectivity index (χ0) is 15.2. The van der Waals surface area contributed by atoms with Crippen molar-refractivity contribution in [3.05, 3.63) is 28.2 Å². The van der Waals surface area contributed by atoms with E-state index in [9.17, 15) is 9.90 Å². The van der Waals surface area contributed by atoms with Crippen molar-refractivity contribution in [2.75, 3.05) is 11.5 Å². The van der Waals surface area contributed by atoms with E-state index in [1.165, 1.54) is 6.07 Å². The van der Waals surface area contributed by atoms with E-state index in [1.54, 1.807) is 33.7 Å². The minimum atomic E-state index is -0.348. The second-order valence-electron chi connectivity index (χ2n) is 4.57. The minimum absolute atomic E-state index is 0.0656. The lowest BCUT2D eigenvalue weighted by Crippen LogP contribution is -2.42. The van der Waals surface area contributed by atoms with Gasteiger partial charge in [-0.2, -0.15) is 0 Å². The molecule has 8 heteroatoms. The molecule has 1 aromatic rings. The summed E-state index contributed by atoms with van der Waals surface area (Å²) < 4.78 is 0.540. The zero-order valence-corrected chi connectivity index (χ0v) is 14.3. The van der Waals surface area contributed by atoms with Crippen LogP contribution in [-0.2, 0) is 11.2 Å². The van der Waals surface area contributed by atoms with Crippen molar-refractivity contribution in [2.45, 2.75) is 18.9 Å². The molecule has 0 radical (unpaired) electrons. The van der Waals surface area contributed by atoms with Crippen molar-refractivity contribution >= 4 is 49.1 Å². The summed E-state index contributed by atoms with van der Waals surface area (Å²) in [6, 6.07) is 5.03. The van der Waals surface area contributed by atoms with E-state index in [4.69, 9.17) is 5.21 Å². The van der Waals surface area contributed by atoms with Gasteiger partial charge in [-0.05, 0) is 40.0 Å². The van der Waals surface area contributed by atoms with Crippen LogP contribution in [0, 0.1) is 0 Å². The number of carbonyl (C=O) groups is 1. The molecule has 5 nitrogen and oxygen atoms in total. The normalized spacial score (nSPS) is 19.3. The van der Waals surface area contributed by atoms with Crippen LogP contribution >= 0.6 is 37.5 Å². The Bertz CT molecular complexity index is 548. The van der Waals surface area contributed by atoms with Crippen LogP contribution in [0.15, 0.2) is 27.8 Å². The monoisotopic (exact) mass is 390 g/mol. The fraction of sp³-hybridized carbons (Fsp3) is 0.385. The quantitative estimate of drug-likeness (QED) is 0.318. The molecule has 1 unspecified atom stereocenters. The van der Waals surface area contributed by atoms with Gasteiger partial charge in [-0.25, -0.2) is 0 Å². The summed E-state index contributed by atoms with van der Waals surface area (Å²) >= 11 is 3.22. The highest BCUT2D eigenvalue weighted by atomic mass is 79.9. The molecule has 1 aromatic carbocycles. The Morgan fingerprint density at radius 3 is 2.90 bits per heavy atom. The van der Waals surface area contributed by atoms with Crippen molar-refractivity contribution < 1.29 is 15.1 Å². The Morgan fingerprint density at radius 2 is 2.29 bits per heavy atom. The molecule has 1 amide bonds. The van der Waals surface area contributed by atoms with Gasteiger partial charge in [0.1, 0.15) is 11.5 Å². The summed E-state index contributed by atoms with van der Waals surface area (Å²) in [4.78, 5) is 12.1. The average molecular weight is 391 g/mol. The molecule has 114 valence electrons. The lowest BCUT2D eigenvalue weighted by atomic mass is 10.1. The van der Waals surface area contributed by atoms with Crippen LogP contribution in [-0.4, -0.2) is 39.5 Å². The number of hydrogen-bond acceptors (Lipinski definition) is 6. The SMILES string of the molecule is O=C(NC1CCSSC1)/C(Cc1ccc(O)c(Br)c1)=N/O. The Hall–Kier alpha value is -0.860. The van der Waals surface area contributed by atoms with Gasteiger partial charge in [0, 0.05) is 24.0 Å². The predicted octanol–water partition coefficient (Wildman–Crippen LogP) is 2.80. The van der Waals surface area contributed by atoms with Gasteiger partial charge in [0.15, 0.2) is 0 Å². The largest absolute Gasteiger partial charge is 0.507 e. The van der Waals surface area contributed by atoms with Crippen LogP contribution in [0.1, 0.15) is 12.0 Å². The van der Waals surface area contributed by atoms with E-state index in [0.717, 1.165) is 23.5 Å². The molecule has 3 N–H and O–H groups in total. The number of phenolic OH excluding ortho intramolecular Hbond substituents is 1. The van der Waals surface area contributed by atoms with E-state index >= 15 is 0 Å². The Kier molecular flexibility index (Phi) is 6.25. The first-order chi connectivity index (χ1) is 10.1. The Balaban J connectivity index is 1.98. The number of nitrogens with one attached hydrogen (secondary N) is 1. The number of aromatic hydroxyl groups is 1. The molecule has 1 atom stereocenters. The molecule has 0 aromatic heterocycles. The number of hydrogen-bond donors (Lipinski definition) is 3. The molecule has 0 spiro atoms. The summed E-state index contributed by atoms with van der Waals surface area (Å²) in [7, 11) is 3.54. The van der Waals surface area contributed by atoms with E-state index < -0.39 is 0 Å². The van der Waals surface area contributed by atoms with Gasteiger partial charge in [0.25, 0.3) is 5.91 Å². The van der Waals surface area contributed by atoms with Crippen LogP contribution in [0.3, 0.4) is 0 Å². The van der Waals surface area contributed by atoms with Crippen LogP contribution in [0.25, 0.3) is 0 Å². The number of benzene rings is 1. The Morgan fingerprint density at radius 1 is 1.48 bits per heavy atom. The standard InChI is InChI=1S/C13H15BrN2O3S2/c14-10-5-8(1-2-12(10)17)6-11(16-19)13(18)15-9-3-4-20-21-7-9/h1-2,5,9,17,19H,3-4,6-7H2,(H,15,18)/b16-11+. The number of halogens is 1. The molecule has 1 aliphatic rings. The molecule has 1 saturated heterocycles. The number of rotatable bonds is 4. The van der Waals surface area contributed by atoms with Crippen LogP contribution in [0.5, 0.6) is 5.75 Å². The number of nitrogens with zero attached hydrogens (tertiary/aromatic N) is 1. The molecule has 2 rings (SSSR count). The highest BCUT2D eigenvalue weighted by molar-refractivity contribution is 9.10. The first kappa shape index (κ1) is 16.5. The van der Waals surface area contributed by atoms with Crippen molar-refractivity contribution in [1.29, 1.82) is 0 Å². The molecule has 21 heavy (non-hydrogen) atoms. The first-order valence-corrected chi connectivity index (χ1v) is 9.62. The van der Waals surface area contributed by atoms with Gasteiger partial charge >= 0.3 is 0 Å². The first-order valence-electron chi connectivity index (χ1n) is 6.33. The van der Waals surface area contributed by atoms with Gasteiger partial charge in [0.2, 0.25) is 0 Å². The molecule has 0 saturated carbocycles. The van der Waals surface area contributed by atoms with Crippen molar-refractivity contribution in [3.8, 4) is 5.75 Å². The molecule has 1 aliphatic heterocycles. The number of oxime groups is 1. The predicted molar refractivity (Wildman–Crippen MR) is 90.2 cm³/mol. The van der Waals surface area contributed by atoms with Crippen LogP contribution in [0.2, 0.25) is 0 Å². The molecular formula is C13H15BrN2O3S2. The van der Waals surface area contributed by atoms with Crippen LogP contribution < -0.4 is 5.32 Å². The lowest BCUT2D eigenvalue weighted by Gasteiger charge is -2.21. The fourth-order valence-corrected chi connectivity index (χ4v) is 4.72. The smallest absolute Gasteiger partial charge is 0.269 e. The molecule has 1 heterocycles. The maximum absolute atomic E-state index is 12.1. The minimum Gasteiger partial charge on any atom is -0.507 e. The summed E-state index contributed by atoms with van der Waals surface area (Å²) in [6.07, 6.45) is 1.13. The van der Waals surface area contributed by atoms with Gasteiger partial charge in [-0.15, -0.1) is 0 Å². The van der Waals surface area contributed by atoms with Gasteiger partial charge in [-0.1, -0.05) is 32.8 Å². The van der Waals surface area contributed by atoms with Gasteiger partial charge in [0.05, 0.1) is 4.47 Å². The summed E-state index contributed by atoms with van der Waals surface area (Å²) in [6.45, 7) is 0. The number of amides is 1. The highest BCUT2D eigenvalue weighted by Gasteiger charge is 2.20. The second kappa shape index (κ2) is 7.95. The zero-order valence-electron chi connectivity index (χ0n) is 11.1. The topological polar surface area (TPSA) is 81.9 Å². The van der Waals surface area contributed by atoms with E-state index in [2.05, 4.69) is 26.4 Å². The third-order valence-corrected chi connectivity index (χ3v) is 6.15. The van der Waals surface area contributed by atoms with Crippen molar-refractivity contribution in [1.82, 2.24) is 5.32 Å². The molecule has 1 fully saturated rings. The summed E-state index contributed by atoms with van der Waals surface area (Å²) in [5.41, 5.74) is 0.840. The maximum Gasteiger partial charge on any atom is 0.269 e. The fourth-order valence-electron chi connectivity index (χ4n) is 1.86. The van der Waals surface area contributed by atoms with Gasteiger partial charge < -0.3 is 15.6 Å². The number of carbonyl (C=O) groups excluding carboxylic acids is 1. The van der Waals surface area contributed by atoms with Gasteiger partial charge in [-0.3, -0.25) is 4.79 Å². The highest BCUT2D eigenvalue weighted by Crippen LogP contribution is 2.29. The summed E-state index contributed by atoms with van der Waals surface area (Å²) in [5.74, 6) is 1.65. The maximum atomic E-state index is 12.1. The van der Waals surface area contributed by atoms with Crippen molar-refractivity contribution in [3.63, 3.8) is 0 Å².